The molecule has 1 fully saturated rings. The molecule has 282 valence electrons. The van der Waals surface area contributed by atoms with E-state index in [4.69, 9.17) is 19.3 Å². The summed E-state index contributed by atoms with van der Waals surface area (Å²) >= 11 is 1.25. The first kappa shape index (κ1) is 38.6. The topological polar surface area (TPSA) is 148 Å². The van der Waals surface area contributed by atoms with Gasteiger partial charge in [0.2, 0.25) is 6.17 Å². The quantitative estimate of drug-likeness (QED) is 0.118. The van der Waals surface area contributed by atoms with Crippen LogP contribution in [0.4, 0.5) is 4.39 Å². The Hall–Kier alpha value is -5.12. The van der Waals surface area contributed by atoms with E-state index < -0.39 is 63.2 Å². The average Bonchev–Trinajstić information content (AvgIpc) is 3.56. The Morgan fingerprint density at radius 3 is 2.04 bits per heavy atom. The van der Waals surface area contributed by atoms with Crippen molar-refractivity contribution in [3.8, 4) is 0 Å². The van der Waals surface area contributed by atoms with E-state index in [1.807, 2.05) is 91.0 Å². The Kier molecular flexibility index (Phi) is 11.5. The van der Waals surface area contributed by atoms with Crippen molar-refractivity contribution < 1.29 is 37.9 Å². The zero-order chi connectivity index (χ0) is 38.6. The second kappa shape index (κ2) is 16.1. The van der Waals surface area contributed by atoms with Crippen LogP contribution in [0, 0.1) is 0 Å². The SMILES string of the molecule is CO/N=S1/C=C(C(F)C(=O)N[C@@H]2C(=O)N3C(C(=O)OC(C)(C)C)=C(COC(C)=O)CS[C@H]23)NC1=NC(c1ccccc1)(c1ccccc1)c1ccccc1. The van der Waals surface area contributed by atoms with E-state index >= 15 is 4.39 Å². The van der Waals surface area contributed by atoms with Crippen LogP contribution in [0.2, 0.25) is 0 Å². The minimum absolute atomic E-state index is 0.0489. The van der Waals surface area contributed by atoms with Crippen LogP contribution in [-0.2, 0) is 49.7 Å². The number of fused-ring (bicyclic) bond motifs is 1. The van der Waals surface area contributed by atoms with E-state index in [-0.39, 0.29) is 28.9 Å². The number of hydrogen-bond acceptors (Lipinski definition) is 10. The Morgan fingerprint density at radius 1 is 0.981 bits per heavy atom. The highest BCUT2D eigenvalue weighted by Crippen LogP contribution is 2.43. The largest absolute Gasteiger partial charge is 0.461 e. The zero-order valence-electron chi connectivity index (χ0n) is 30.3. The Balaban J connectivity index is 1.28. The molecule has 6 rings (SSSR count). The number of carbonyl (C=O) groups excluding carboxylic acids is 4. The summed E-state index contributed by atoms with van der Waals surface area (Å²) in [5.74, 6) is -2.81. The van der Waals surface area contributed by atoms with Crippen molar-refractivity contribution in [1.82, 2.24) is 15.5 Å². The lowest BCUT2D eigenvalue weighted by Gasteiger charge is -2.50. The first-order chi connectivity index (χ1) is 25.8. The van der Waals surface area contributed by atoms with Gasteiger partial charge in [-0.3, -0.25) is 19.3 Å². The molecule has 3 aliphatic rings. The van der Waals surface area contributed by atoms with Crippen molar-refractivity contribution in [1.29, 1.82) is 0 Å². The standard InChI is InChI=1S/C39H40FN5O7S2/c1-24(46)51-21-25-22-53-35-31(34(48)45(35)32(25)36(49)52-38(2,3)4)42-33(47)30(40)29-23-54(44-50-5)37(41-29)43-39(26-15-9-6-10-16-26,27-17-11-7-12-18-27)28-19-13-8-14-20-28/h6-20,23,30-31,35H,21-22H2,1-5H3,(H,41,43)(H,42,47)/t30?,31-,35-,54?/m1/s1. The fourth-order valence-corrected chi connectivity index (χ4v) is 8.85. The molecule has 0 bridgehead atoms. The molecule has 0 saturated carbocycles. The van der Waals surface area contributed by atoms with E-state index in [9.17, 15) is 19.2 Å². The molecule has 0 aliphatic carbocycles. The Labute approximate surface area is 319 Å². The Bertz CT molecular complexity index is 1960. The lowest BCUT2D eigenvalue weighted by atomic mass is 9.77. The third-order valence-electron chi connectivity index (χ3n) is 8.58. The molecule has 3 aliphatic heterocycles. The molecule has 1 saturated heterocycles. The van der Waals surface area contributed by atoms with Gasteiger partial charge in [0.05, 0.1) is 12.8 Å². The van der Waals surface area contributed by atoms with E-state index in [1.54, 1.807) is 20.8 Å². The number of halogens is 1. The number of nitrogens with one attached hydrogen (secondary N) is 2. The van der Waals surface area contributed by atoms with Gasteiger partial charge in [-0.1, -0.05) is 95.5 Å². The van der Waals surface area contributed by atoms with Gasteiger partial charge in [-0.05, 0) is 37.5 Å². The van der Waals surface area contributed by atoms with Crippen molar-refractivity contribution in [2.75, 3.05) is 19.5 Å². The summed E-state index contributed by atoms with van der Waals surface area (Å²) in [4.78, 5) is 63.5. The number of ether oxygens (including phenoxy) is 2. The van der Waals surface area contributed by atoms with Gasteiger partial charge >= 0.3 is 11.9 Å². The number of β-lactam (4-membered cyclic amide) rings is 1. The van der Waals surface area contributed by atoms with Crippen LogP contribution >= 0.6 is 11.8 Å². The lowest BCUT2D eigenvalue weighted by molar-refractivity contribution is -0.159. The lowest BCUT2D eigenvalue weighted by Crippen LogP contribution is -2.71. The molecular formula is C39H40FN5O7S2. The second-order valence-electron chi connectivity index (χ2n) is 13.5. The fraction of sp³-hybridized carbons (Fsp3) is 0.308. The third-order valence-corrected chi connectivity index (χ3v) is 11.3. The summed E-state index contributed by atoms with van der Waals surface area (Å²) < 4.78 is 31.2. The number of nitrogens with zero attached hydrogens (tertiary/aromatic N) is 3. The summed E-state index contributed by atoms with van der Waals surface area (Å²) in [7, 11) is 0.122. The highest BCUT2D eigenvalue weighted by molar-refractivity contribution is 8.05. The molecule has 54 heavy (non-hydrogen) atoms. The van der Waals surface area contributed by atoms with E-state index in [1.165, 1.54) is 36.1 Å². The van der Waals surface area contributed by atoms with Crippen LogP contribution in [0.5, 0.6) is 0 Å². The van der Waals surface area contributed by atoms with Crippen molar-refractivity contribution in [3.63, 3.8) is 0 Å². The maximum Gasteiger partial charge on any atom is 0.355 e. The minimum atomic E-state index is -2.24. The molecule has 3 aromatic rings. The molecule has 3 heterocycles. The molecule has 2 amide bonds. The number of benzene rings is 3. The van der Waals surface area contributed by atoms with Crippen molar-refractivity contribution >= 4 is 51.4 Å². The molecule has 15 heteroatoms. The molecule has 0 spiro atoms. The number of hydrogen-bond donors (Lipinski definition) is 2. The molecule has 2 unspecified atom stereocenters. The molecule has 0 aromatic heterocycles. The molecule has 4 atom stereocenters. The number of amides is 2. The van der Waals surface area contributed by atoms with Gasteiger partial charge in [0.1, 0.15) is 34.9 Å². The van der Waals surface area contributed by atoms with Crippen molar-refractivity contribution in [3.05, 3.63) is 130 Å². The predicted octanol–water partition coefficient (Wildman–Crippen LogP) is 5.04. The number of esters is 2. The summed E-state index contributed by atoms with van der Waals surface area (Å²) in [5.41, 5.74) is 0.773. The first-order valence-electron chi connectivity index (χ1n) is 17.0. The smallest absolute Gasteiger partial charge is 0.355 e. The maximum atomic E-state index is 16.3. The zero-order valence-corrected chi connectivity index (χ0v) is 31.9. The second-order valence-corrected chi connectivity index (χ2v) is 16.0. The number of amidine groups is 1. The van der Waals surface area contributed by atoms with E-state index in [0.29, 0.717) is 5.57 Å². The molecular weight excluding hydrogens is 734 g/mol. The average molecular weight is 774 g/mol. The first-order valence-corrected chi connectivity index (χ1v) is 19.3. The van der Waals surface area contributed by atoms with Gasteiger partial charge in [0.25, 0.3) is 11.8 Å². The van der Waals surface area contributed by atoms with Crippen LogP contribution in [0.1, 0.15) is 44.4 Å². The summed E-state index contributed by atoms with van der Waals surface area (Å²) in [6.45, 7) is 6.09. The third kappa shape index (κ3) is 7.88. The maximum absolute atomic E-state index is 16.3. The number of rotatable bonds is 11. The fourth-order valence-electron chi connectivity index (χ4n) is 6.27. The van der Waals surface area contributed by atoms with Gasteiger partial charge in [-0.15, -0.1) is 11.8 Å². The van der Waals surface area contributed by atoms with Crippen molar-refractivity contribution in [2.45, 2.75) is 56.4 Å². The molecule has 12 nitrogen and oxygen atoms in total. The van der Waals surface area contributed by atoms with E-state index in [2.05, 4.69) is 15.2 Å². The highest BCUT2D eigenvalue weighted by atomic mass is 32.2. The van der Waals surface area contributed by atoms with Crippen molar-refractivity contribution in [2.24, 2.45) is 9.52 Å². The highest BCUT2D eigenvalue weighted by Gasteiger charge is 2.55. The minimum Gasteiger partial charge on any atom is -0.461 e. The van der Waals surface area contributed by atoms with Gasteiger partial charge in [0.15, 0.2) is 5.17 Å². The van der Waals surface area contributed by atoms with Crippen LogP contribution in [0.15, 0.2) is 123 Å². The number of thioether (sulfide) groups is 1. The van der Waals surface area contributed by atoms with Crippen LogP contribution in [0.3, 0.4) is 0 Å². The molecule has 0 radical (unpaired) electrons. The van der Waals surface area contributed by atoms with Crippen LogP contribution in [0.25, 0.3) is 0 Å². The predicted molar refractivity (Wildman–Crippen MR) is 204 cm³/mol. The number of carbonyl (C=O) groups is 4. The van der Waals surface area contributed by atoms with E-state index in [0.717, 1.165) is 16.7 Å². The summed E-state index contributed by atoms with van der Waals surface area (Å²) in [6, 6.07) is 27.9. The summed E-state index contributed by atoms with van der Waals surface area (Å²) in [5, 5.41) is 6.55. The monoisotopic (exact) mass is 773 g/mol. The van der Waals surface area contributed by atoms with Crippen LogP contribution < -0.4 is 10.6 Å². The van der Waals surface area contributed by atoms with Crippen LogP contribution in [-0.4, -0.2) is 76.5 Å². The van der Waals surface area contributed by atoms with Gasteiger partial charge in [-0.25, -0.2) is 19.0 Å². The van der Waals surface area contributed by atoms with Gasteiger partial charge in [-0.2, -0.15) is 0 Å². The summed E-state index contributed by atoms with van der Waals surface area (Å²) in [6.07, 6.45) is -2.24. The number of alkyl halides is 1. The molecule has 2 N–H and O–H groups in total. The number of aliphatic imine (C=N–C) groups is 1. The molecule has 3 aromatic carbocycles. The Morgan fingerprint density at radius 2 is 1.54 bits per heavy atom. The normalized spacial score (nSPS) is 21.1. The van der Waals surface area contributed by atoms with Gasteiger partial charge in [0, 0.05) is 34.3 Å². The van der Waals surface area contributed by atoms with Gasteiger partial charge < -0.3 is 20.1 Å².